The van der Waals surface area contributed by atoms with Gasteiger partial charge in [-0.25, -0.2) is 0 Å². The fraction of sp³-hybridized carbons (Fsp3) is 1.00. The Labute approximate surface area is 64.0 Å². The zero-order valence-electron chi connectivity index (χ0n) is 7.46. The Kier molecular flexibility index (Phi) is 2.04. The van der Waals surface area contributed by atoms with E-state index in [9.17, 15) is 0 Å². The highest BCUT2D eigenvalue weighted by Gasteiger charge is 2.43. The monoisotopic (exact) mass is 141 g/mol. The summed E-state index contributed by atoms with van der Waals surface area (Å²) < 4.78 is 0. The molecule has 0 aromatic carbocycles. The third kappa shape index (κ3) is 0.968. The van der Waals surface area contributed by atoms with Crippen molar-refractivity contribution in [1.82, 2.24) is 0 Å². The Balaban J connectivity index is 2.49. The van der Waals surface area contributed by atoms with Crippen LogP contribution in [0.15, 0.2) is 0 Å². The van der Waals surface area contributed by atoms with Gasteiger partial charge in [-0.05, 0) is 23.7 Å². The summed E-state index contributed by atoms with van der Waals surface area (Å²) in [7, 11) is 0. The molecule has 1 saturated carbocycles. The molecule has 1 aliphatic rings. The van der Waals surface area contributed by atoms with Crippen molar-refractivity contribution in [3.63, 3.8) is 0 Å². The van der Waals surface area contributed by atoms with Crippen LogP contribution in [0, 0.1) is 23.7 Å². The van der Waals surface area contributed by atoms with Crippen molar-refractivity contribution in [3.05, 3.63) is 0 Å². The second-order valence-corrected chi connectivity index (χ2v) is 4.12. The summed E-state index contributed by atoms with van der Waals surface area (Å²) >= 11 is 0. The van der Waals surface area contributed by atoms with E-state index in [0.29, 0.717) is 6.04 Å². The molecule has 10 heavy (non-hydrogen) atoms. The normalized spacial score (nSPS) is 47.4. The van der Waals surface area contributed by atoms with Crippen molar-refractivity contribution in [2.75, 3.05) is 0 Å². The fourth-order valence-electron chi connectivity index (χ4n) is 2.31. The van der Waals surface area contributed by atoms with Crippen LogP contribution in [-0.4, -0.2) is 6.04 Å². The highest BCUT2D eigenvalue weighted by molar-refractivity contribution is 4.96. The first-order chi connectivity index (χ1) is 4.55. The van der Waals surface area contributed by atoms with E-state index in [0.717, 1.165) is 23.7 Å². The van der Waals surface area contributed by atoms with Crippen LogP contribution >= 0.6 is 0 Å². The summed E-state index contributed by atoms with van der Waals surface area (Å²) in [4.78, 5) is 0. The Morgan fingerprint density at radius 2 is 1.60 bits per heavy atom. The van der Waals surface area contributed by atoms with Gasteiger partial charge in [0.1, 0.15) is 0 Å². The van der Waals surface area contributed by atoms with E-state index in [1.165, 1.54) is 0 Å². The first kappa shape index (κ1) is 8.06. The predicted molar refractivity (Wildman–Crippen MR) is 44.6 cm³/mol. The molecule has 1 fully saturated rings. The van der Waals surface area contributed by atoms with E-state index in [-0.39, 0.29) is 0 Å². The van der Waals surface area contributed by atoms with Gasteiger partial charge >= 0.3 is 0 Å². The lowest BCUT2D eigenvalue weighted by Crippen LogP contribution is -2.55. The van der Waals surface area contributed by atoms with Crippen molar-refractivity contribution < 1.29 is 0 Å². The Bertz CT molecular complexity index is 110. The van der Waals surface area contributed by atoms with Gasteiger partial charge in [0.2, 0.25) is 0 Å². The van der Waals surface area contributed by atoms with Gasteiger partial charge in [-0.2, -0.15) is 0 Å². The van der Waals surface area contributed by atoms with Crippen LogP contribution in [0.2, 0.25) is 0 Å². The van der Waals surface area contributed by atoms with E-state index in [1.807, 2.05) is 0 Å². The summed E-state index contributed by atoms with van der Waals surface area (Å²) in [5.74, 6) is 3.12. The third-order valence-electron chi connectivity index (χ3n) is 3.26. The van der Waals surface area contributed by atoms with E-state index in [4.69, 9.17) is 5.73 Å². The summed E-state index contributed by atoms with van der Waals surface area (Å²) in [5, 5.41) is 0. The van der Waals surface area contributed by atoms with E-state index in [1.54, 1.807) is 0 Å². The lowest BCUT2D eigenvalue weighted by Gasteiger charge is -2.49. The van der Waals surface area contributed by atoms with Crippen LogP contribution in [0.4, 0.5) is 0 Å². The number of nitrogens with two attached hydrogens (primary N) is 1. The van der Waals surface area contributed by atoms with Crippen molar-refractivity contribution in [1.29, 1.82) is 0 Å². The second kappa shape index (κ2) is 2.54. The van der Waals surface area contributed by atoms with Crippen LogP contribution in [0.3, 0.4) is 0 Å². The molecule has 0 aromatic heterocycles. The highest BCUT2D eigenvalue weighted by atomic mass is 14.7. The largest absolute Gasteiger partial charge is 0.327 e. The molecule has 2 N–H and O–H groups in total. The van der Waals surface area contributed by atoms with Gasteiger partial charge < -0.3 is 5.73 Å². The van der Waals surface area contributed by atoms with Gasteiger partial charge in [-0.1, -0.05) is 27.7 Å². The molecule has 4 atom stereocenters. The maximum Gasteiger partial charge on any atom is 0.0101 e. The summed E-state index contributed by atoms with van der Waals surface area (Å²) in [6.45, 7) is 9.12. The van der Waals surface area contributed by atoms with Crippen molar-refractivity contribution in [2.24, 2.45) is 29.4 Å². The van der Waals surface area contributed by atoms with Gasteiger partial charge in [-0.3, -0.25) is 0 Å². The maximum atomic E-state index is 5.96. The van der Waals surface area contributed by atoms with Crippen LogP contribution < -0.4 is 5.73 Å². The molecule has 1 rings (SSSR count). The summed E-state index contributed by atoms with van der Waals surface area (Å²) in [6.07, 6.45) is 0. The summed E-state index contributed by atoms with van der Waals surface area (Å²) in [6, 6.07) is 0.468. The molecular weight excluding hydrogens is 122 g/mol. The van der Waals surface area contributed by atoms with E-state index >= 15 is 0 Å². The smallest absolute Gasteiger partial charge is 0.0101 e. The molecule has 1 aliphatic carbocycles. The first-order valence-corrected chi connectivity index (χ1v) is 4.31. The minimum atomic E-state index is 0.468. The maximum absolute atomic E-state index is 5.96. The first-order valence-electron chi connectivity index (χ1n) is 4.31. The number of rotatable bonds is 1. The minimum absolute atomic E-state index is 0.468. The SMILES string of the molecule is CC(C)C1C(C)[C@H](C)[C@@H]1N. The van der Waals surface area contributed by atoms with Crippen molar-refractivity contribution in [2.45, 2.75) is 33.7 Å². The quantitative estimate of drug-likeness (QED) is 0.592. The van der Waals surface area contributed by atoms with Gasteiger partial charge in [0.15, 0.2) is 0 Å². The molecule has 0 amide bonds. The molecule has 0 saturated heterocycles. The van der Waals surface area contributed by atoms with Crippen molar-refractivity contribution in [3.8, 4) is 0 Å². The van der Waals surface area contributed by atoms with Crippen LogP contribution in [-0.2, 0) is 0 Å². The van der Waals surface area contributed by atoms with Crippen LogP contribution in [0.5, 0.6) is 0 Å². The van der Waals surface area contributed by atoms with Gasteiger partial charge in [0.25, 0.3) is 0 Å². The van der Waals surface area contributed by atoms with E-state index < -0.39 is 0 Å². The van der Waals surface area contributed by atoms with Crippen LogP contribution in [0.1, 0.15) is 27.7 Å². The molecule has 0 radical (unpaired) electrons. The Morgan fingerprint density at radius 3 is 1.80 bits per heavy atom. The standard InChI is InChI=1S/C9H19N/c1-5(2)8-6(3)7(4)9(8)10/h5-9H,10H2,1-4H3/t6?,7-,8?,9-/m0/s1. The van der Waals surface area contributed by atoms with Gasteiger partial charge in [0.05, 0.1) is 0 Å². The average molecular weight is 141 g/mol. The topological polar surface area (TPSA) is 26.0 Å². The zero-order chi connectivity index (χ0) is 7.89. The number of hydrogen-bond donors (Lipinski definition) is 1. The molecule has 60 valence electrons. The Morgan fingerprint density at radius 1 is 1.10 bits per heavy atom. The highest BCUT2D eigenvalue weighted by Crippen LogP contribution is 2.42. The molecule has 0 spiro atoms. The average Bonchev–Trinajstić information content (AvgIpc) is 1.87. The Hall–Kier alpha value is -0.0400. The lowest BCUT2D eigenvalue weighted by molar-refractivity contribution is 0.0283. The summed E-state index contributed by atoms with van der Waals surface area (Å²) in [5.41, 5.74) is 5.96. The van der Waals surface area contributed by atoms with Gasteiger partial charge in [0, 0.05) is 6.04 Å². The third-order valence-corrected chi connectivity index (χ3v) is 3.26. The molecule has 0 bridgehead atoms. The molecule has 0 aromatic rings. The van der Waals surface area contributed by atoms with Crippen LogP contribution in [0.25, 0.3) is 0 Å². The molecule has 1 nitrogen and oxygen atoms in total. The predicted octanol–water partition coefficient (Wildman–Crippen LogP) is 1.87. The number of hydrogen-bond acceptors (Lipinski definition) is 1. The second-order valence-electron chi connectivity index (χ2n) is 4.12. The zero-order valence-corrected chi connectivity index (χ0v) is 7.46. The molecule has 0 aliphatic heterocycles. The minimum Gasteiger partial charge on any atom is -0.327 e. The van der Waals surface area contributed by atoms with Gasteiger partial charge in [-0.15, -0.1) is 0 Å². The lowest BCUT2D eigenvalue weighted by atomic mass is 9.59. The molecule has 2 unspecified atom stereocenters. The molecule has 1 heteroatoms. The fourth-order valence-corrected chi connectivity index (χ4v) is 2.31. The molecular formula is C9H19N. The van der Waals surface area contributed by atoms with Crippen molar-refractivity contribution >= 4 is 0 Å². The molecule has 0 heterocycles. The van der Waals surface area contributed by atoms with E-state index in [2.05, 4.69) is 27.7 Å².